The van der Waals surface area contributed by atoms with Gasteiger partial charge in [0.1, 0.15) is 24.2 Å². The number of carboxylic acid groups (broad SMARTS) is 1. The number of hydrogen-bond acceptors (Lipinski definition) is 5. The normalized spacial score (nSPS) is 14.4. The molecule has 4 aromatic carbocycles. The Kier molecular flexibility index (Phi) is 8.20. The van der Waals surface area contributed by atoms with Crippen molar-refractivity contribution in [3.63, 3.8) is 0 Å². The second-order valence-electron chi connectivity index (χ2n) is 9.72. The Labute approximate surface area is 247 Å². The van der Waals surface area contributed by atoms with Gasteiger partial charge < -0.3 is 15.2 Å². The van der Waals surface area contributed by atoms with Crippen LogP contribution in [0.5, 0.6) is 5.75 Å². The highest BCUT2D eigenvalue weighted by Crippen LogP contribution is 2.37. The van der Waals surface area contributed by atoms with Gasteiger partial charge in [0.15, 0.2) is 0 Å². The number of aryl methyl sites for hydroxylation is 1. The summed E-state index contributed by atoms with van der Waals surface area (Å²) in [5.74, 6) is -1.51. The summed E-state index contributed by atoms with van der Waals surface area (Å²) in [4.78, 5) is 24.4. The van der Waals surface area contributed by atoms with E-state index in [1.54, 1.807) is 49.4 Å². The lowest BCUT2D eigenvalue weighted by Crippen LogP contribution is -2.48. The molecule has 8 nitrogen and oxygen atoms in total. The van der Waals surface area contributed by atoms with Crippen LogP contribution in [-0.4, -0.2) is 44.6 Å². The van der Waals surface area contributed by atoms with Crippen molar-refractivity contribution in [2.45, 2.75) is 24.3 Å². The molecule has 0 aliphatic carbocycles. The highest BCUT2D eigenvalue weighted by molar-refractivity contribution is 7.93. The van der Waals surface area contributed by atoms with Gasteiger partial charge in [-0.15, -0.1) is 0 Å². The van der Waals surface area contributed by atoms with Crippen LogP contribution in [0.1, 0.15) is 21.5 Å². The van der Waals surface area contributed by atoms with E-state index in [-0.39, 0.29) is 35.1 Å². The number of aromatic carboxylic acids is 1. The fourth-order valence-electron chi connectivity index (χ4n) is 4.89. The van der Waals surface area contributed by atoms with Gasteiger partial charge in [-0.05, 0) is 78.2 Å². The average molecular weight is 609 g/mol. The lowest BCUT2D eigenvalue weighted by atomic mass is 10.1. The van der Waals surface area contributed by atoms with Crippen molar-refractivity contribution in [3.05, 3.63) is 112 Å². The van der Waals surface area contributed by atoms with Gasteiger partial charge in [0.05, 0.1) is 27.7 Å². The summed E-state index contributed by atoms with van der Waals surface area (Å²) in [6.45, 7) is 1.92. The standard InChI is InChI=1S/C31H26ClFN2O6S/c1-19-16-22(31(37)38)8-13-29(19)41-15-14-34-30(36)28-17-21-4-2-3-5-27(21)35(28)42(39,40)24-10-6-20(7-11-24)25-12-9-23(33)18-26(25)32/h2-13,16,18,28H,14-15,17H2,1H3,(H,34,36)(H,37,38)/t28-/m0/s1. The summed E-state index contributed by atoms with van der Waals surface area (Å²) < 4.78 is 48.1. The molecule has 1 aliphatic heterocycles. The van der Waals surface area contributed by atoms with Crippen molar-refractivity contribution >= 4 is 39.2 Å². The first-order valence-electron chi connectivity index (χ1n) is 13.0. The summed E-state index contributed by atoms with van der Waals surface area (Å²) in [7, 11) is -4.15. The Bertz CT molecular complexity index is 1780. The molecule has 4 aromatic rings. The maximum Gasteiger partial charge on any atom is 0.335 e. The molecule has 1 aliphatic rings. The summed E-state index contributed by atoms with van der Waals surface area (Å²) in [5, 5.41) is 12.1. The number of carbonyl (C=O) groups is 2. The molecule has 1 amide bonds. The second-order valence-corrected chi connectivity index (χ2v) is 11.9. The van der Waals surface area contributed by atoms with Gasteiger partial charge in [0, 0.05) is 12.0 Å². The third-order valence-electron chi connectivity index (χ3n) is 6.96. The van der Waals surface area contributed by atoms with E-state index in [1.807, 2.05) is 0 Å². The van der Waals surface area contributed by atoms with E-state index in [9.17, 15) is 22.4 Å². The number of nitrogens with zero attached hydrogens (tertiary/aromatic N) is 1. The number of rotatable bonds is 9. The molecular formula is C31H26ClFN2O6S. The van der Waals surface area contributed by atoms with Crippen LogP contribution < -0.4 is 14.4 Å². The van der Waals surface area contributed by atoms with E-state index in [2.05, 4.69) is 5.32 Å². The zero-order valence-corrected chi connectivity index (χ0v) is 24.0. The van der Waals surface area contributed by atoms with Crippen LogP contribution >= 0.6 is 11.6 Å². The van der Waals surface area contributed by atoms with Crippen LogP contribution in [0, 0.1) is 12.7 Å². The zero-order valence-electron chi connectivity index (χ0n) is 22.4. The molecule has 5 rings (SSSR count). The van der Waals surface area contributed by atoms with Crippen molar-refractivity contribution in [1.82, 2.24) is 5.32 Å². The third kappa shape index (κ3) is 5.81. The molecule has 0 spiro atoms. The van der Waals surface area contributed by atoms with Crippen LogP contribution in [0.4, 0.5) is 10.1 Å². The van der Waals surface area contributed by atoms with E-state index in [1.165, 1.54) is 42.5 Å². The predicted molar refractivity (Wildman–Crippen MR) is 157 cm³/mol. The van der Waals surface area contributed by atoms with Gasteiger partial charge in [-0.1, -0.05) is 41.9 Å². The fraction of sp³-hybridized carbons (Fsp3) is 0.161. The highest BCUT2D eigenvalue weighted by Gasteiger charge is 2.42. The monoisotopic (exact) mass is 608 g/mol. The molecule has 1 heterocycles. The summed E-state index contributed by atoms with van der Waals surface area (Å²) in [6.07, 6.45) is 0.196. The third-order valence-corrected chi connectivity index (χ3v) is 9.11. The number of hydrogen-bond donors (Lipinski definition) is 2. The number of benzene rings is 4. The Morgan fingerprint density at radius 3 is 2.48 bits per heavy atom. The molecule has 0 bridgehead atoms. The summed E-state index contributed by atoms with van der Waals surface area (Å²) >= 11 is 6.18. The molecule has 1 atom stereocenters. The fourth-order valence-corrected chi connectivity index (χ4v) is 6.82. The highest BCUT2D eigenvalue weighted by atomic mass is 35.5. The van der Waals surface area contributed by atoms with Crippen LogP contribution in [0.2, 0.25) is 5.02 Å². The molecule has 0 saturated carbocycles. The number of para-hydroxylation sites is 1. The van der Waals surface area contributed by atoms with E-state index >= 15 is 0 Å². The number of nitrogens with one attached hydrogen (secondary N) is 1. The van der Waals surface area contributed by atoms with E-state index in [0.29, 0.717) is 28.1 Å². The Morgan fingerprint density at radius 2 is 1.79 bits per heavy atom. The number of ether oxygens (including phenoxy) is 1. The Balaban J connectivity index is 1.32. The van der Waals surface area contributed by atoms with Crippen LogP contribution in [0.15, 0.2) is 89.8 Å². The average Bonchev–Trinajstić information content (AvgIpc) is 3.37. The van der Waals surface area contributed by atoms with Gasteiger partial charge >= 0.3 is 5.97 Å². The minimum atomic E-state index is -4.15. The number of carboxylic acids is 1. The van der Waals surface area contributed by atoms with Gasteiger partial charge in [-0.25, -0.2) is 17.6 Å². The van der Waals surface area contributed by atoms with Gasteiger partial charge in [-0.2, -0.15) is 0 Å². The second kappa shape index (κ2) is 11.8. The number of fused-ring (bicyclic) bond motifs is 1. The number of sulfonamides is 1. The number of carbonyl (C=O) groups excluding carboxylic acids is 1. The Morgan fingerprint density at radius 1 is 1.05 bits per heavy atom. The Hall–Kier alpha value is -4.41. The molecule has 0 fully saturated rings. The molecule has 216 valence electrons. The van der Waals surface area contributed by atoms with E-state index in [4.69, 9.17) is 21.4 Å². The van der Waals surface area contributed by atoms with E-state index in [0.717, 1.165) is 9.87 Å². The van der Waals surface area contributed by atoms with Crippen LogP contribution in [0.3, 0.4) is 0 Å². The van der Waals surface area contributed by atoms with Crippen molar-refractivity contribution in [2.24, 2.45) is 0 Å². The van der Waals surface area contributed by atoms with Crippen molar-refractivity contribution in [1.29, 1.82) is 0 Å². The first-order valence-corrected chi connectivity index (χ1v) is 14.8. The molecule has 0 unspecified atom stereocenters. The SMILES string of the molecule is Cc1cc(C(=O)O)ccc1OCCNC(=O)[C@@H]1Cc2ccccc2N1S(=O)(=O)c1ccc(-c2ccc(F)cc2Cl)cc1. The molecular weight excluding hydrogens is 583 g/mol. The van der Waals surface area contributed by atoms with Gasteiger partial charge in [0.25, 0.3) is 10.0 Å². The predicted octanol–water partition coefficient (Wildman–Crippen LogP) is 5.47. The quantitative estimate of drug-likeness (QED) is 0.244. The van der Waals surface area contributed by atoms with Gasteiger partial charge in [-0.3, -0.25) is 9.10 Å². The maximum absolute atomic E-state index is 13.9. The summed E-state index contributed by atoms with van der Waals surface area (Å²) in [6, 6.07) is 20.5. The zero-order chi connectivity index (χ0) is 30.0. The molecule has 42 heavy (non-hydrogen) atoms. The molecule has 11 heteroatoms. The van der Waals surface area contributed by atoms with Crippen molar-refractivity contribution in [3.8, 4) is 16.9 Å². The largest absolute Gasteiger partial charge is 0.491 e. The number of halogens is 2. The minimum Gasteiger partial charge on any atom is -0.491 e. The van der Waals surface area contributed by atoms with Crippen LogP contribution in [-0.2, 0) is 21.2 Å². The first-order chi connectivity index (χ1) is 20.1. The lowest BCUT2D eigenvalue weighted by Gasteiger charge is -2.26. The molecule has 0 aromatic heterocycles. The first kappa shape index (κ1) is 29.1. The van der Waals surface area contributed by atoms with Crippen LogP contribution in [0.25, 0.3) is 11.1 Å². The number of amides is 1. The topological polar surface area (TPSA) is 113 Å². The number of anilines is 1. The summed E-state index contributed by atoms with van der Waals surface area (Å²) in [5.41, 5.74) is 3.10. The molecule has 2 N–H and O–H groups in total. The van der Waals surface area contributed by atoms with Gasteiger partial charge in [0.2, 0.25) is 5.91 Å². The molecule has 0 radical (unpaired) electrons. The lowest BCUT2D eigenvalue weighted by molar-refractivity contribution is -0.122. The smallest absolute Gasteiger partial charge is 0.335 e. The maximum atomic E-state index is 13.9. The van der Waals surface area contributed by atoms with Crippen molar-refractivity contribution < 1.29 is 32.2 Å². The minimum absolute atomic E-state index is 0.0115. The van der Waals surface area contributed by atoms with E-state index < -0.39 is 33.8 Å². The van der Waals surface area contributed by atoms with Crippen molar-refractivity contribution in [2.75, 3.05) is 17.5 Å². The molecule has 0 saturated heterocycles.